The van der Waals surface area contributed by atoms with Crippen molar-refractivity contribution in [1.82, 2.24) is 5.32 Å². The number of halogens is 3. The Morgan fingerprint density at radius 2 is 2.05 bits per heavy atom. The Labute approximate surface area is 117 Å². The van der Waals surface area contributed by atoms with Crippen LogP contribution in [0.15, 0.2) is 24.3 Å². The molecule has 0 bridgehead atoms. The van der Waals surface area contributed by atoms with Crippen molar-refractivity contribution >= 4 is 0 Å². The van der Waals surface area contributed by atoms with Crippen LogP contribution in [-0.4, -0.2) is 26.4 Å². The smallest absolute Gasteiger partial charge is 0.372 e. The highest BCUT2D eigenvalue weighted by atomic mass is 19.4. The summed E-state index contributed by atoms with van der Waals surface area (Å²) in [4.78, 5) is 0. The number of nitrogens with one attached hydrogen (secondary N) is 1. The van der Waals surface area contributed by atoms with E-state index < -0.39 is 12.8 Å². The van der Waals surface area contributed by atoms with Crippen LogP contribution in [0.1, 0.15) is 30.0 Å². The Morgan fingerprint density at radius 3 is 2.75 bits per heavy atom. The Balaban J connectivity index is 1.77. The zero-order chi connectivity index (χ0) is 14.6. The number of hydrogen-bond acceptors (Lipinski definition) is 2. The molecule has 1 aromatic rings. The van der Waals surface area contributed by atoms with E-state index in [2.05, 4.69) is 22.2 Å². The zero-order valence-corrected chi connectivity index (χ0v) is 11.5. The van der Waals surface area contributed by atoms with E-state index in [4.69, 9.17) is 0 Å². The molecule has 2 rings (SSSR count). The van der Waals surface area contributed by atoms with E-state index in [0.29, 0.717) is 18.4 Å². The molecule has 112 valence electrons. The van der Waals surface area contributed by atoms with Crippen molar-refractivity contribution in [2.75, 3.05) is 20.3 Å². The third kappa shape index (κ3) is 3.96. The maximum absolute atomic E-state index is 11.9. The zero-order valence-electron chi connectivity index (χ0n) is 11.5. The van der Waals surface area contributed by atoms with Crippen LogP contribution in [0.25, 0.3) is 0 Å². The summed E-state index contributed by atoms with van der Waals surface area (Å²) in [5.41, 5.74) is 2.66. The van der Waals surface area contributed by atoms with Gasteiger partial charge in [0, 0.05) is 12.6 Å². The first-order chi connectivity index (χ1) is 9.51. The monoisotopic (exact) mass is 287 g/mol. The lowest BCUT2D eigenvalue weighted by Crippen LogP contribution is -2.22. The van der Waals surface area contributed by atoms with Crippen molar-refractivity contribution in [2.24, 2.45) is 5.92 Å². The third-order valence-corrected chi connectivity index (χ3v) is 3.78. The maximum atomic E-state index is 11.9. The number of ether oxygens (including phenoxy) is 1. The van der Waals surface area contributed by atoms with Crippen molar-refractivity contribution in [3.8, 4) is 0 Å². The van der Waals surface area contributed by atoms with Gasteiger partial charge in [0.1, 0.15) is 6.61 Å². The molecule has 2 unspecified atom stereocenters. The van der Waals surface area contributed by atoms with E-state index >= 15 is 0 Å². The molecule has 2 atom stereocenters. The van der Waals surface area contributed by atoms with Gasteiger partial charge in [-0.2, -0.15) is 13.2 Å². The van der Waals surface area contributed by atoms with Gasteiger partial charge in [0.25, 0.3) is 0 Å². The molecule has 5 heteroatoms. The lowest BCUT2D eigenvalue weighted by Gasteiger charge is -2.20. The molecule has 1 aliphatic rings. The topological polar surface area (TPSA) is 21.3 Å². The van der Waals surface area contributed by atoms with Crippen molar-refractivity contribution in [3.05, 3.63) is 35.4 Å². The highest BCUT2D eigenvalue weighted by Gasteiger charge is 2.31. The maximum Gasteiger partial charge on any atom is 0.411 e. The summed E-state index contributed by atoms with van der Waals surface area (Å²) >= 11 is 0. The summed E-state index contributed by atoms with van der Waals surface area (Å²) in [5, 5.41) is 3.31. The number of hydrogen-bond donors (Lipinski definition) is 1. The fourth-order valence-electron chi connectivity index (χ4n) is 2.97. The Bertz CT molecular complexity index is 433. The average molecular weight is 287 g/mol. The van der Waals surface area contributed by atoms with Crippen LogP contribution < -0.4 is 5.32 Å². The van der Waals surface area contributed by atoms with Crippen LogP contribution in [0.4, 0.5) is 13.2 Å². The van der Waals surface area contributed by atoms with Gasteiger partial charge in [0.15, 0.2) is 0 Å². The van der Waals surface area contributed by atoms with Gasteiger partial charge in [0.05, 0.1) is 0 Å². The first-order valence-corrected chi connectivity index (χ1v) is 6.91. The van der Waals surface area contributed by atoms with Gasteiger partial charge in [0.2, 0.25) is 0 Å². The molecular formula is C15H20F3NO. The van der Waals surface area contributed by atoms with E-state index in [0.717, 1.165) is 12.8 Å². The van der Waals surface area contributed by atoms with E-state index in [1.165, 1.54) is 11.1 Å². The third-order valence-electron chi connectivity index (χ3n) is 3.78. The van der Waals surface area contributed by atoms with E-state index in [1.807, 2.05) is 19.2 Å². The van der Waals surface area contributed by atoms with Gasteiger partial charge in [-0.25, -0.2) is 0 Å². The van der Waals surface area contributed by atoms with Gasteiger partial charge >= 0.3 is 6.18 Å². The fraction of sp³-hybridized carbons (Fsp3) is 0.600. The summed E-state index contributed by atoms with van der Waals surface area (Å²) < 4.78 is 40.5. The molecule has 20 heavy (non-hydrogen) atoms. The molecule has 2 nitrogen and oxygen atoms in total. The second-order valence-electron chi connectivity index (χ2n) is 5.24. The Hall–Kier alpha value is -1.07. The normalized spacial score (nSPS) is 22.0. The van der Waals surface area contributed by atoms with Crippen molar-refractivity contribution in [2.45, 2.75) is 31.5 Å². The van der Waals surface area contributed by atoms with Crippen LogP contribution in [0.2, 0.25) is 0 Å². The fourth-order valence-corrected chi connectivity index (χ4v) is 2.97. The van der Waals surface area contributed by atoms with E-state index in [-0.39, 0.29) is 6.61 Å². The Kier molecular flexibility index (Phi) is 5.05. The lowest BCUT2D eigenvalue weighted by molar-refractivity contribution is -0.174. The molecule has 0 saturated heterocycles. The Morgan fingerprint density at radius 1 is 1.30 bits per heavy atom. The van der Waals surface area contributed by atoms with E-state index in [9.17, 15) is 13.2 Å². The predicted molar refractivity (Wildman–Crippen MR) is 71.5 cm³/mol. The number of alkyl halides is 3. The lowest BCUT2D eigenvalue weighted by atomic mass is 9.95. The largest absolute Gasteiger partial charge is 0.411 e. The minimum absolute atomic E-state index is 0.169. The van der Waals surface area contributed by atoms with Crippen molar-refractivity contribution in [1.29, 1.82) is 0 Å². The summed E-state index contributed by atoms with van der Waals surface area (Å²) in [7, 11) is 1.93. The molecule has 1 aliphatic carbocycles. The molecule has 1 aromatic carbocycles. The molecule has 1 N–H and O–H groups in total. The van der Waals surface area contributed by atoms with Gasteiger partial charge < -0.3 is 10.1 Å². The molecule has 0 aliphatic heterocycles. The van der Waals surface area contributed by atoms with Crippen LogP contribution in [0, 0.1) is 5.92 Å². The number of benzene rings is 1. The quantitative estimate of drug-likeness (QED) is 0.809. The number of rotatable bonds is 6. The number of fused-ring (bicyclic) bond motifs is 1. The van der Waals surface area contributed by atoms with Crippen molar-refractivity contribution in [3.63, 3.8) is 0 Å². The summed E-state index contributed by atoms with van der Waals surface area (Å²) in [6, 6.07) is 8.60. The summed E-state index contributed by atoms with van der Waals surface area (Å²) in [6.45, 7) is -0.976. The minimum atomic E-state index is -4.23. The first-order valence-electron chi connectivity index (χ1n) is 6.91. The summed E-state index contributed by atoms with van der Waals surface area (Å²) in [5.74, 6) is 0.437. The standard InChI is InChI=1S/C15H20F3NO/c1-19-14-12(6-4-8-20-10-15(16,17)18)9-11-5-2-3-7-13(11)14/h2-3,5,7,12,14,19H,4,6,8-10H2,1H3. The molecule has 0 aromatic heterocycles. The molecular weight excluding hydrogens is 267 g/mol. The molecule has 0 saturated carbocycles. The van der Waals surface area contributed by atoms with Crippen LogP contribution in [-0.2, 0) is 11.2 Å². The molecule has 0 spiro atoms. The van der Waals surface area contributed by atoms with Gasteiger partial charge in [-0.05, 0) is 43.4 Å². The second-order valence-corrected chi connectivity index (χ2v) is 5.24. The highest BCUT2D eigenvalue weighted by molar-refractivity contribution is 5.35. The van der Waals surface area contributed by atoms with Crippen molar-refractivity contribution < 1.29 is 17.9 Å². The minimum Gasteiger partial charge on any atom is -0.372 e. The van der Waals surface area contributed by atoms with Crippen LogP contribution in [0.3, 0.4) is 0 Å². The van der Waals surface area contributed by atoms with Crippen LogP contribution in [0.5, 0.6) is 0 Å². The van der Waals surface area contributed by atoms with Gasteiger partial charge in [-0.15, -0.1) is 0 Å². The molecule has 0 amide bonds. The molecule has 0 fully saturated rings. The molecule has 0 radical (unpaired) electrons. The second kappa shape index (κ2) is 6.59. The first kappa shape index (κ1) is 15.3. The summed E-state index contributed by atoms with van der Waals surface area (Å²) in [6.07, 6.45) is -1.71. The van der Waals surface area contributed by atoms with E-state index in [1.54, 1.807) is 0 Å². The van der Waals surface area contributed by atoms with Gasteiger partial charge in [-0.3, -0.25) is 0 Å². The average Bonchev–Trinajstić information content (AvgIpc) is 2.74. The van der Waals surface area contributed by atoms with Gasteiger partial charge in [-0.1, -0.05) is 24.3 Å². The van der Waals surface area contributed by atoms with Crippen LogP contribution >= 0.6 is 0 Å². The highest BCUT2D eigenvalue weighted by Crippen LogP contribution is 2.38. The SMILES string of the molecule is CNC1c2ccccc2CC1CCCOCC(F)(F)F. The predicted octanol–water partition coefficient (Wildman–Crippen LogP) is 3.48. The molecule has 0 heterocycles.